The summed E-state index contributed by atoms with van der Waals surface area (Å²) < 4.78 is 18.5. The molecule has 1 heterocycles. The van der Waals surface area contributed by atoms with Crippen LogP contribution in [0.1, 0.15) is 5.82 Å². The third-order valence-corrected chi connectivity index (χ3v) is 4.57. The number of hydrogen-bond acceptors (Lipinski definition) is 5. The van der Waals surface area contributed by atoms with Gasteiger partial charge in [-0.15, -0.1) is 11.8 Å². The third-order valence-electron chi connectivity index (χ3n) is 3.51. The number of hydrogen-bond donors (Lipinski definition) is 2. The van der Waals surface area contributed by atoms with E-state index < -0.39 is 5.97 Å². The maximum atomic E-state index is 13.7. The molecule has 0 radical (unpaired) electrons. The first-order valence-corrected chi connectivity index (χ1v) is 8.41. The second-order valence-corrected chi connectivity index (χ2v) is 6.15. The van der Waals surface area contributed by atoms with E-state index in [0.717, 1.165) is 17.3 Å². The van der Waals surface area contributed by atoms with E-state index >= 15 is 0 Å². The number of aromatic nitrogens is 2. The highest BCUT2D eigenvalue weighted by Crippen LogP contribution is 2.27. The summed E-state index contributed by atoms with van der Waals surface area (Å²) in [5.41, 5.74) is 1.32. The van der Waals surface area contributed by atoms with Crippen LogP contribution in [0.15, 0.2) is 59.2 Å². The summed E-state index contributed by atoms with van der Waals surface area (Å²) >= 11 is 1.08. The lowest BCUT2D eigenvalue weighted by Gasteiger charge is -2.07. The Morgan fingerprint density at radius 1 is 1.24 bits per heavy atom. The number of nitrogens with zero attached hydrogens (tertiary/aromatic N) is 1. The molecule has 0 amide bonds. The second kappa shape index (κ2) is 7.40. The number of para-hydroxylation sites is 2. The molecular weight excluding hydrogens is 343 g/mol. The summed E-state index contributed by atoms with van der Waals surface area (Å²) in [5.74, 6) is -1.13. The van der Waals surface area contributed by atoms with Gasteiger partial charge in [0.15, 0.2) is 0 Å². The first-order valence-electron chi connectivity index (χ1n) is 7.43. The molecule has 0 fully saturated rings. The smallest absolute Gasteiger partial charge is 0.345 e. The van der Waals surface area contributed by atoms with Crippen molar-refractivity contribution in [3.05, 3.63) is 65.9 Å². The van der Waals surface area contributed by atoms with E-state index in [9.17, 15) is 14.3 Å². The molecule has 1 aromatic heterocycles. The highest BCUT2D eigenvalue weighted by Gasteiger charge is 2.22. The molecule has 25 heavy (non-hydrogen) atoms. The Bertz CT molecular complexity index is 919. The van der Waals surface area contributed by atoms with E-state index in [-0.39, 0.29) is 28.7 Å². The van der Waals surface area contributed by atoms with Gasteiger partial charge in [-0.05, 0) is 24.3 Å². The van der Waals surface area contributed by atoms with Crippen molar-refractivity contribution in [1.82, 2.24) is 9.97 Å². The number of imidazole rings is 1. The van der Waals surface area contributed by atoms with Crippen LogP contribution in [-0.2, 0) is 9.53 Å². The number of aromatic amines is 1. The lowest BCUT2D eigenvalue weighted by molar-refractivity contribution is -0.133. The van der Waals surface area contributed by atoms with E-state index in [4.69, 9.17) is 4.74 Å². The van der Waals surface area contributed by atoms with Gasteiger partial charge in [0.2, 0.25) is 0 Å². The Labute approximate surface area is 147 Å². The van der Waals surface area contributed by atoms with Crippen molar-refractivity contribution in [2.45, 2.75) is 4.90 Å². The van der Waals surface area contributed by atoms with Crippen LogP contribution >= 0.6 is 11.8 Å². The zero-order valence-corrected chi connectivity index (χ0v) is 14.1. The van der Waals surface area contributed by atoms with Crippen LogP contribution in [0.2, 0.25) is 0 Å². The van der Waals surface area contributed by atoms with Crippen LogP contribution < -0.4 is 0 Å². The number of thioether (sulfide) groups is 1. The van der Waals surface area contributed by atoms with Gasteiger partial charge in [0.05, 0.1) is 23.9 Å². The number of rotatable bonds is 5. The number of aliphatic hydroxyl groups is 1. The molecule has 0 aliphatic rings. The number of halogens is 1. The molecule has 0 unspecified atom stereocenters. The van der Waals surface area contributed by atoms with Gasteiger partial charge in [-0.3, -0.25) is 0 Å². The van der Waals surface area contributed by atoms with Crippen LogP contribution in [0.5, 0.6) is 0 Å². The second-order valence-electron chi connectivity index (χ2n) is 5.13. The standard InChI is InChI=1S/C18H15FN2O3S/c1-24-18(23)16(17-20-12-7-3-4-8-13(12)21-17)14(22)10-25-15-9-5-2-6-11(15)19/h2-9,22H,10H2,1H3,(H,20,21). The molecular formula is C18H15FN2O3S. The normalized spacial score (nSPS) is 12.1. The molecule has 0 saturated carbocycles. The van der Waals surface area contributed by atoms with Crippen molar-refractivity contribution in [3.63, 3.8) is 0 Å². The molecule has 7 heteroatoms. The van der Waals surface area contributed by atoms with Gasteiger partial charge in [-0.1, -0.05) is 24.3 Å². The highest BCUT2D eigenvalue weighted by molar-refractivity contribution is 7.99. The van der Waals surface area contributed by atoms with Crippen LogP contribution in [0.25, 0.3) is 16.6 Å². The van der Waals surface area contributed by atoms with Crippen molar-refractivity contribution in [2.75, 3.05) is 12.9 Å². The van der Waals surface area contributed by atoms with E-state index in [2.05, 4.69) is 9.97 Å². The lowest BCUT2D eigenvalue weighted by Crippen LogP contribution is -2.09. The molecule has 0 spiro atoms. The molecule has 2 aromatic carbocycles. The fraction of sp³-hybridized carbons (Fsp3) is 0.111. The van der Waals surface area contributed by atoms with E-state index in [1.807, 2.05) is 18.2 Å². The molecule has 0 aliphatic carbocycles. The van der Waals surface area contributed by atoms with Gasteiger partial charge in [0.1, 0.15) is 23.0 Å². The van der Waals surface area contributed by atoms with Gasteiger partial charge < -0.3 is 14.8 Å². The van der Waals surface area contributed by atoms with Crippen molar-refractivity contribution < 1.29 is 19.0 Å². The van der Waals surface area contributed by atoms with Gasteiger partial charge >= 0.3 is 5.97 Å². The number of methoxy groups -OCH3 is 1. The molecule has 2 N–H and O–H groups in total. The summed E-state index contributed by atoms with van der Waals surface area (Å²) in [6.07, 6.45) is 0. The molecule has 3 aromatic rings. The van der Waals surface area contributed by atoms with Crippen LogP contribution in [-0.4, -0.2) is 33.9 Å². The zero-order chi connectivity index (χ0) is 17.8. The number of esters is 1. The SMILES string of the molecule is COC(=O)C(=C(O)CSc1ccccc1F)c1nc2ccccc2[nH]1. The fourth-order valence-corrected chi connectivity index (χ4v) is 3.12. The number of H-pyrrole nitrogens is 1. The van der Waals surface area contributed by atoms with Gasteiger partial charge in [-0.2, -0.15) is 0 Å². The molecule has 3 rings (SSSR count). The minimum absolute atomic E-state index is 0.00239. The maximum Gasteiger partial charge on any atom is 0.345 e. The third kappa shape index (κ3) is 3.66. The predicted molar refractivity (Wildman–Crippen MR) is 94.8 cm³/mol. The van der Waals surface area contributed by atoms with Crippen LogP contribution in [0.4, 0.5) is 4.39 Å². The Hall–Kier alpha value is -2.80. The minimum Gasteiger partial charge on any atom is -0.510 e. The largest absolute Gasteiger partial charge is 0.510 e. The van der Waals surface area contributed by atoms with Crippen molar-refractivity contribution in [2.24, 2.45) is 0 Å². The van der Waals surface area contributed by atoms with Crippen LogP contribution in [0.3, 0.4) is 0 Å². The van der Waals surface area contributed by atoms with Crippen molar-refractivity contribution in [1.29, 1.82) is 0 Å². The summed E-state index contributed by atoms with van der Waals surface area (Å²) in [7, 11) is 1.22. The number of carbonyl (C=O) groups excluding carboxylic acids is 1. The number of aliphatic hydroxyl groups excluding tert-OH is 1. The molecule has 0 bridgehead atoms. The zero-order valence-electron chi connectivity index (χ0n) is 13.3. The Morgan fingerprint density at radius 2 is 1.96 bits per heavy atom. The first-order chi connectivity index (χ1) is 12.1. The van der Waals surface area contributed by atoms with Gasteiger partial charge in [-0.25, -0.2) is 14.2 Å². The van der Waals surface area contributed by atoms with Gasteiger partial charge in [0.25, 0.3) is 0 Å². The lowest BCUT2D eigenvalue weighted by atomic mass is 10.2. The average Bonchev–Trinajstić information content (AvgIpc) is 3.04. The number of nitrogens with one attached hydrogen (secondary N) is 1. The molecule has 0 saturated heterocycles. The van der Waals surface area contributed by atoms with E-state index in [0.29, 0.717) is 10.4 Å². The van der Waals surface area contributed by atoms with Crippen molar-refractivity contribution >= 4 is 34.3 Å². The van der Waals surface area contributed by atoms with E-state index in [1.165, 1.54) is 13.2 Å². The highest BCUT2D eigenvalue weighted by atomic mass is 32.2. The number of ether oxygens (including phenoxy) is 1. The van der Waals surface area contributed by atoms with Gasteiger partial charge in [0, 0.05) is 4.90 Å². The molecule has 128 valence electrons. The topological polar surface area (TPSA) is 75.2 Å². The predicted octanol–water partition coefficient (Wildman–Crippen LogP) is 3.94. The summed E-state index contributed by atoms with van der Waals surface area (Å²) in [5, 5.41) is 10.4. The summed E-state index contributed by atoms with van der Waals surface area (Å²) in [6.45, 7) is 0. The molecule has 5 nitrogen and oxygen atoms in total. The monoisotopic (exact) mass is 358 g/mol. The first kappa shape index (κ1) is 17.0. The summed E-state index contributed by atoms with van der Waals surface area (Å²) in [6, 6.07) is 13.5. The minimum atomic E-state index is -0.717. The fourth-order valence-electron chi connectivity index (χ4n) is 2.30. The Morgan fingerprint density at radius 3 is 2.68 bits per heavy atom. The Balaban J connectivity index is 1.94. The van der Waals surface area contributed by atoms with Crippen molar-refractivity contribution in [3.8, 4) is 0 Å². The molecule has 0 aliphatic heterocycles. The number of carbonyl (C=O) groups is 1. The number of benzene rings is 2. The Kier molecular flexibility index (Phi) is 5.04. The van der Waals surface area contributed by atoms with Crippen LogP contribution in [0, 0.1) is 5.82 Å². The molecule has 0 atom stereocenters. The number of fused-ring (bicyclic) bond motifs is 1. The van der Waals surface area contributed by atoms with E-state index in [1.54, 1.807) is 24.3 Å². The summed E-state index contributed by atoms with van der Waals surface area (Å²) in [4.78, 5) is 19.8. The maximum absolute atomic E-state index is 13.7. The average molecular weight is 358 g/mol. The quantitative estimate of drug-likeness (QED) is 0.313.